The largest absolute Gasteiger partial charge is 0.322 e. The molecule has 0 atom stereocenters. The SMILES string of the molecule is Fc1cccc2c(Nc3nc(-c4ccccc4Cl)nc4ccccc34)n[nH]c12. The molecule has 0 radical (unpaired) electrons. The molecule has 0 fully saturated rings. The highest BCUT2D eigenvalue weighted by molar-refractivity contribution is 6.33. The van der Waals surface area contributed by atoms with E-state index in [1.807, 2.05) is 42.5 Å². The fourth-order valence-electron chi connectivity index (χ4n) is 3.15. The van der Waals surface area contributed by atoms with Gasteiger partial charge >= 0.3 is 0 Å². The van der Waals surface area contributed by atoms with Gasteiger partial charge in [0.05, 0.1) is 10.5 Å². The van der Waals surface area contributed by atoms with E-state index in [-0.39, 0.29) is 5.82 Å². The Morgan fingerprint density at radius 2 is 1.61 bits per heavy atom. The molecule has 2 heterocycles. The molecule has 0 saturated heterocycles. The van der Waals surface area contributed by atoms with Crippen molar-refractivity contribution in [3.8, 4) is 11.4 Å². The van der Waals surface area contributed by atoms with E-state index in [1.165, 1.54) is 6.07 Å². The molecule has 3 aromatic carbocycles. The van der Waals surface area contributed by atoms with Gasteiger partial charge in [-0.1, -0.05) is 41.9 Å². The van der Waals surface area contributed by atoms with Gasteiger partial charge in [-0.05, 0) is 36.4 Å². The molecule has 28 heavy (non-hydrogen) atoms. The van der Waals surface area contributed by atoms with Crippen LogP contribution < -0.4 is 5.32 Å². The summed E-state index contributed by atoms with van der Waals surface area (Å²) in [5, 5.41) is 12.2. The Labute approximate surface area is 164 Å². The summed E-state index contributed by atoms with van der Waals surface area (Å²) in [4.78, 5) is 9.33. The number of rotatable bonds is 3. The topological polar surface area (TPSA) is 66.5 Å². The minimum Gasteiger partial charge on any atom is -0.322 e. The van der Waals surface area contributed by atoms with E-state index in [1.54, 1.807) is 18.2 Å². The van der Waals surface area contributed by atoms with E-state index in [0.29, 0.717) is 33.4 Å². The summed E-state index contributed by atoms with van der Waals surface area (Å²) in [6.45, 7) is 0. The Hall–Kier alpha value is -3.51. The standard InChI is InChI=1S/C21H13ClFN5/c22-15-9-3-1-6-12(15)19-24-17-11-4-2-7-13(17)20(25-19)26-21-14-8-5-10-16(23)18(14)27-28-21/h1-11H,(H2,24,25,26,27,28). The summed E-state index contributed by atoms with van der Waals surface area (Å²) < 4.78 is 14.0. The average Bonchev–Trinajstić information content (AvgIpc) is 3.12. The number of hydrogen-bond donors (Lipinski definition) is 2. The molecule has 0 unspecified atom stereocenters. The summed E-state index contributed by atoms with van der Waals surface area (Å²) in [6.07, 6.45) is 0. The average molecular weight is 390 g/mol. The van der Waals surface area contributed by atoms with Crippen molar-refractivity contribution in [2.75, 3.05) is 5.32 Å². The third kappa shape index (κ3) is 2.75. The smallest absolute Gasteiger partial charge is 0.163 e. The zero-order valence-corrected chi connectivity index (χ0v) is 15.2. The van der Waals surface area contributed by atoms with Crippen molar-refractivity contribution >= 4 is 45.0 Å². The molecule has 136 valence electrons. The van der Waals surface area contributed by atoms with E-state index >= 15 is 0 Å². The van der Waals surface area contributed by atoms with E-state index < -0.39 is 0 Å². The van der Waals surface area contributed by atoms with Gasteiger partial charge in [0.2, 0.25) is 0 Å². The maximum atomic E-state index is 14.0. The summed E-state index contributed by atoms with van der Waals surface area (Å²) >= 11 is 6.34. The van der Waals surface area contributed by atoms with Crippen LogP contribution in [-0.2, 0) is 0 Å². The van der Waals surface area contributed by atoms with E-state index in [9.17, 15) is 4.39 Å². The van der Waals surface area contributed by atoms with Crippen molar-refractivity contribution in [3.63, 3.8) is 0 Å². The maximum absolute atomic E-state index is 14.0. The third-order valence-corrected chi connectivity index (χ3v) is 4.83. The second-order valence-corrected chi connectivity index (χ2v) is 6.66. The molecule has 0 aliphatic carbocycles. The fraction of sp³-hybridized carbons (Fsp3) is 0. The monoisotopic (exact) mass is 389 g/mol. The number of aromatic nitrogens is 4. The lowest BCUT2D eigenvalue weighted by atomic mass is 10.1. The van der Waals surface area contributed by atoms with Crippen LogP contribution in [0.15, 0.2) is 66.7 Å². The molecule has 0 spiro atoms. The molecule has 7 heteroatoms. The molecule has 5 rings (SSSR count). The molecule has 0 bridgehead atoms. The number of nitrogens with zero attached hydrogens (tertiary/aromatic N) is 3. The lowest BCUT2D eigenvalue weighted by molar-refractivity contribution is 0.636. The van der Waals surface area contributed by atoms with Gasteiger partial charge in [0, 0.05) is 16.3 Å². The van der Waals surface area contributed by atoms with Crippen molar-refractivity contribution < 1.29 is 4.39 Å². The number of H-pyrrole nitrogens is 1. The number of anilines is 2. The van der Waals surface area contributed by atoms with Gasteiger partial charge in [0.15, 0.2) is 11.6 Å². The number of para-hydroxylation sites is 2. The van der Waals surface area contributed by atoms with Crippen LogP contribution in [0.4, 0.5) is 16.0 Å². The molecular formula is C21H13ClFN5. The zero-order chi connectivity index (χ0) is 19.1. The molecule has 5 aromatic rings. The van der Waals surface area contributed by atoms with Gasteiger partial charge in [-0.15, -0.1) is 0 Å². The molecular weight excluding hydrogens is 377 g/mol. The van der Waals surface area contributed by atoms with Gasteiger partial charge in [-0.3, -0.25) is 5.10 Å². The van der Waals surface area contributed by atoms with Crippen molar-refractivity contribution in [1.29, 1.82) is 0 Å². The van der Waals surface area contributed by atoms with Crippen LogP contribution >= 0.6 is 11.6 Å². The molecule has 2 aromatic heterocycles. The first-order valence-corrected chi connectivity index (χ1v) is 9.00. The van der Waals surface area contributed by atoms with Crippen LogP contribution in [0.3, 0.4) is 0 Å². The predicted octanol–water partition coefficient (Wildman–Crippen LogP) is 5.71. The highest BCUT2D eigenvalue weighted by Crippen LogP contribution is 2.32. The number of hydrogen-bond acceptors (Lipinski definition) is 4. The fourth-order valence-corrected chi connectivity index (χ4v) is 3.37. The first-order chi connectivity index (χ1) is 13.7. The van der Waals surface area contributed by atoms with Crippen LogP contribution in [-0.4, -0.2) is 20.2 Å². The van der Waals surface area contributed by atoms with Crippen LogP contribution in [0.1, 0.15) is 0 Å². The molecule has 0 aliphatic rings. The lowest BCUT2D eigenvalue weighted by Gasteiger charge is -2.10. The second-order valence-electron chi connectivity index (χ2n) is 6.25. The minimum atomic E-state index is -0.359. The lowest BCUT2D eigenvalue weighted by Crippen LogP contribution is -2.00. The summed E-state index contributed by atoms with van der Waals surface area (Å²) in [5.74, 6) is 1.20. The van der Waals surface area contributed by atoms with Crippen LogP contribution in [0.5, 0.6) is 0 Å². The van der Waals surface area contributed by atoms with E-state index in [4.69, 9.17) is 11.6 Å². The minimum absolute atomic E-state index is 0.342. The predicted molar refractivity (Wildman–Crippen MR) is 109 cm³/mol. The Kier molecular flexibility index (Phi) is 3.91. The number of benzene rings is 3. The molecule has 0 aliphatic heterocycles. The summed E-state index contributed by atoms with van der Waals surface area (Å²) in [6, 6.07) is 19.9. The first kappa shape index (κ1) is 16.6. The van der Waals surface area contributed by atoms with Gasteiger partial charge in [-0.2, -0.15) is 5.10 Å². The van der Waals surface area contributed by atoms with Crippen molar-refractivity contribution in [1.82, 2.24) is 20.2 Å². The Balaban J connectivity index is 1.70. The van der Waals surface area contributed by atoms with Crippen molar-refractivity contribution in [2.24, 2.45) is 0 Å². The Morgan fingerprint density at radius 3 is 2.50 bits per heavy atom. The van der Waals surface area contributed by atoms with Crippen molar-refractivity contribution in [3.05, 3.63) is 77.6 Å². The Bertz CT molecular complexity index is 1330. The second kappa shape index (κ2) is 6.58. The highest BCUT2D eigenvalue weighted by atomic mass is 35.5. The number of halogens is 2. The third-order valence-electron chi connectivity index (χ3n) is 4.50. The molecule has 5 nitrogen and oxygen atoms in total. The summed E-state index contributed by atoms with van der Waals surface area (Å²) in [5.41, 5.74) is 1.84. The Morgan fingerprint density at radius 1 is 0.821 bits per heavy atom. The van der Waals surface area contributed by atoms with E-state index in [0.717, 1.165) is 16.5 Å². The van der Waals surface area contributed by atoms with E-state index in [2.05, 4.69) is 25.5 Å². The number of nitrogens with one attached hydrogen (secondary N) is 2. The highest BCUT2D eigenvalue weighted by Gasteiger charge is 2.14. The summed E-state index contributed by atoms with van der Waals surface area (Å²) in [7, 11) is 0. The van der Waals surface area contributed by atoms with Gasteiger partial charge in [-0.25, -0.2) is 14.4 Å². The maximum Gasteiger partial charge on any atom is 0.163 e. The van der Waals surface area contributed by atoms with Gasteiger partial charge in [0.25, 0.3) is 0 Å². The zero-order valence-electron chi connectivity index (χ0n) is 14.4. The molecule has 0 saturated carbocycles. The molecule has 0 amide bonds. The van der Waals surface area contributed by atoms with Gasteiger partial charge in [0.1, 0.15) is 17.2 Å². The van der Waals surface area contributed by atoms with Crippen LogP contribution in [0.2, 0.25) is 5.02 Å². The van der Waals surface area contributed by atoms with Crippen LogP contribution in [0.25, 0.3) is 33.2 Å². The van der Waals surface area contributed by atoms with Crippen molar-refractivity contribution in [2.45, 2.75) is 0 Å². The quantitative estimate of drug-likeness (QED) is 0.415. The first-order valence-electron chi connectivity index (χ1n) is 8.62. The number of fused-ring (bicyclic) bond motifs is 2. The normalized spacial score (nSPS) is 11.2. The molecule has 2 N–H and O–H groups in total. The number of aromatic amines is 1. The van der Waals surface area contributed by atoms with Gasteiger partial charge < -0.3 is 5.32 Å². The van der Waals surface area contributed by atoms with Crippen LogP contribution in [0, 0.1) is 5.82 Å².